The number of ether oxygens (including phenoxy) is 2. The molecule has 1 aromatic carbocycles. The summed E-state index contributed by atoms with van der Waals surface area (Å²) in [6, 6.07) is 4.27. The van der Waals surface area contributed by atoms with Crippen LogP contribution in [0, 0.1) is 5.82 Å². The van der Waals surface area contributed by atoms with E-state index in [1.54, 1.807) is 6.07 Å². The summed E-state index contributed by atoms with van der Waals surface area (Å²) in [6.07, 6.45) is 6.74. The SMILES string of the molecule is COc1ccc(CC(=O)O[C@H](C)C(=O)NCCC2=CCCCC2)cc1F. The van der Waals surface area contributed by atoms with Gasteiger partial charge < -0.3 is 14.8 Å². The number of carbonyl (C=O) groups is 2. The number of halogens is 1. The molecule has 2 rings (SSSR count). The van der Waals surface area contributed by atoms with Crippen LogP contribution in [0.2, 0.25) is 0 Å². The molecule has 0 unspecified atom stereocenters. The smallest absolute Gasteiger partial charge is 0.311 e. The molecule has 1 aromatic rings. The van der Waals surface area contributed by atoms with E-state index < -0.39 is 17.9 Å². The quantitative estimate of drug-likeness (QED) is 0.568. The molecule has 6 heteroatoms. The Balaban J connectivity index is 1.74. The zero-order valence-electron chi connectivity index (χ0n) is 15.3. The number of esters is 1. The van der Waals surface area contributed by atoms with Gasteiger partial charge in [-0.2, -0.15) is 0 Å². The van der Waals surface area contributed by atoms with Crippen molar-refractivity contribution in [3.63, 3.8) is 0 Å². The van der Waals surface area contributed by atoms with Gasteiger partial charge in [0.25, 0.3) is 5.91 Å². The molecule has 1 N–H and O–H groups in total. The Labute approximate surface area is 153 Å². The molecule has 0 saturated heterocycles. The summed E-state index contributed by atoms with van der Waals surface area (Å²) in [4.78, 5) is 24.0. The fourth-order valence-electron chi connectivity index (χ4n) is 2.90. The predicted molar refractivity (Wildman–Crippen MR) is 96.4 cm³/mol. The van der Waals surface area contributed by atoms with Crippen molar-refractivity contribution in [2.75, 3.05) is 13.7 Å². The molecule has 142 valence electrons. The number of hydrogen-bond acceptors (Lipinski definition) is 4. The molecular weight excluding hydrogens is 337 g/mol. The molecule has 0 spiro atoms. The van der Waals surface area contributed by atoms with Gasteiger partial charge in [0.05, 0.1) is 13.5 Å². The number of nitrogens with one attached hydrogen (secondary N) is 1. The molecule has 0 bridgehead atoms. The van der Waals surface area contributed by atoms with Gasteiger partial charge in [-0.1, -0.05) is 17.7 Å². The first-order valence-corrected chi connectivity index (χ1v) is 8.97. The topological polar surface area (TPSA) is 64.6 Å². The van der Waals surface area contributed by atoms with Gasteiger partial charge in [-0.05, 0) is 56.7 Å². The number of carbonyl (C=O) groups excluding carboxylic acids is 2. The van der Waals surface area contributed by atoms with Crippen LogP contribution in [0.15, 0.2) is 29.8 Å². The molecule has 1 aliphatic carbocycles. The van der Waals surface area contributed by atoms with E-state index in [2.05, 4.69) is 11.4 Å². The molecule has 5 nitrogen and oxygen atoms in total. The lowest BCUT2D eigenvalue weighted by Gasteiger charge is -2.15. The molecule has 0 heterocycles. The summed E-state index contributed by atoms with van der Waals surface area (Å²) in [7, 11) is 1.37. The molecular formula is C20H26FNO4. The third kappa shape index (κ3) is 6.17. The van der Waals surface area contributed by atoms with Crippen LogP contribution in [-0.4, -0.2) is 31.6 Å². The van der Waals surface area contributed by atoms with Gasteiger partial charge in [-0.25, -0.2) is 4.39 Å². The van der Waals surface area contributed by atoms with Gasteiger partial charge in [-0.3, -0.25) is 9.59 Å². The second kappa shape index (κ2) is 9.94. The van der Waals surface area contributed by atoms with Crippen molar-refractivity contribution in [1.82, 2.24) is 5.32 Å². The molecule has 0 aromatic heterocycles. The van der Waals surface area contributed by atoms with Gasteiger partial charge in [0, 0.05) is 6.54 Å². The molecule has 0 radical (unpaired) electrons. The number of methoxy groups -OCH3 is 1. The number of rotatable bonds is 8. The van der Waals surface area contributed by atoms with Crippen molar-refractivity contribution >= 4 is 11.9 Å². The number of allylic oxidation sites excluding steroid dienone is 1. The van der Waals surface area contributed by atoms with Crippen molar-refractivity contribution in [2.24, 2.45) is 0 Å². The summed E-state index contributed by atoms with van der Waals surface area (Å²) in [5.41, 5.74) is 1.84. The Bertz CT molecular complexity index is 672. The van der Waals surface area contributed by atoms with Crippen LogP contribution in [0.4, 0.5) is 4.39 Å². The van der Waals surface area contributed by atoms with Crippen LogP contribution in [0.1, 0.15) is 44.6 Å². The first-order chi connectivity index (χ1) is 12.5. The molecule has 1 amide bonds. The highest BCUT2D eigenvalue weighted by Gasteiger charge is 2.18. The van der Waals surface area contributed by atoms with Crippen molar-refractivity contribution < 1.29 is 23.5 Å². The van der Waals surface area contributed by atoms with Gasteiger partial charge in [0.1, 0.15) is 0 Å². The third-order valence-corrected chi connectivity index (χ3v) is 4.37. The van der Waals surface area contributed by atoms with E-state index in [-0.39, 0.29) is 18.1 Å². The zero-order valence-corrected chi connectivity index (χ0v) is 15.3. The summed E-state index contributed by atoms with van der Waals surface area (Å²) >= 11 is 0. The highest BCUT2D eigenvalue weighted by Crippen LogP contribution is 2.20. The van der Waals surface area contributed by atoms with Crippen LogP contribution in [0.5, 0.6) is 5.75 Å². The minimum Gasteiger partial charge on any atom is -0.494 e. The maximum Gasteiger partial charge on any atom is 0.311 e. The van der Waals surface area contributed by atoms with Crippen molar-refractivity contribution in [3.05, 3.63) is 41.2 Å². The lowest BCUT2D eigenvalue weighted by atomic mass is 9.97. The second-order valence-electron chi connectivity index (χ2n) is 6.43. The largest absolute Gasteiger partial charge is 0.494 e. The van der Waals surface area contributed by atoms with Gasteiger partial charge in [-0.15, -0.1) is 0 Å². The van der Waals surface area contributed by atoms with Crippen molar-refractivity contribution in [2.45, 2.75) is 51.6 Å². The summed E-state index contributed by atoms with van der Waals surface area (Å²) in [6.45, 7) is 2.07. The molecule has 26 heavy (non-hydrogen) atoms. The van der Waals surface area contributed by atoms with Gasteiger partial charge in [0.15, 0.2) is 17.7 Å². The number of amides is 1. The average Bonchev–Trinajstić information content (AvgIpc) is 2.62. The lowest BCUT2D eigenvalue weighted by Crippen LogP contribution is -2.36. The second-order valence-corrected chi connectivity index (χ2v) is 6.43. The average molecular weight is 363 g/mol. The maximum absolute atomic E-state index is 13.6. The lowest BCUT2D eigenvalue weighted by molar-refractivity contribution is -0.154. The molecule has 0 saturated carbocycles. The molecule has 0 aliphatic heterocycles. The zero-order chi connectivity index (χ0) is 18.9. The van der Waals surface area contributed by atoms with Crippen LogP contribution < -0.4 is 10.1 Å². The van der Waals surface area contributed by atoms with E-state index in [0.717, 1.165) is 19.3 Å². The Kier molecular flexibility index (Phi) is 7.63. The molecule has 0 fully saturated rings. The van der Waals surface area contributed by atoms with E-state index in [9.17, 15) is 14.0 Å². The van der Waals surface area contributed by atoms with Crippen molar-refractivity contribution in [3.8, 4) is 5.75 Å². The first kappa shape index (κ1) is 19.9. The highest BCUT2D eigenvalue weighted by molar-refractivity contribution is 5.83. The maximum atomic E-state index is 13.6. The minimum absolute atomic E-state index is 0.106. The Morgan fingerprint density at radius 3 is 2.77 bits per heavy atom. The van der Waals surface area contributed by atoms with Crippen LogP contribution in [0.3, 0.4) is 0 Å². The van der Waals surface area contributed by atoms with Crippen LogP contribution in [-0.2, 0) is 20.7 Å². The molecule has 1 atom stereocenters. The van der Waals surface area contributed by atoms with Gasteiger partial charge in [0.2, 0.25) is 0 Å². The van der Waals surface area contributed by atoms with E-state index in [1.807, 2.05) is 0 Å². The standard InChI is InChI=1S/C20H26FNO4/c1-14(20(24)22-11-10-15-6-4-3-5-7-15)26-19(23)13-16-8-9-18(25-2)17(21)12-16/h6,8-9,12,14H,3-5,7,10-11,13H2,1-2H3,(H,22,24)/t14-/m1/s1. The Morgan fingerprint density at radius 1 is 1.31 bits per heavy atom. The fraction of sp³-hybridized carbons (Fsp3) is 0.500. The van der Waals surface area contributed by atoms with Crippen LogP contribution >= 0.6 is 0 Å². The normalized spacial score (nSPS) is 15.0. The summed E-state index contributed by atoms with van der Waals surface area (Å²) in [5, 5.41) is 2.79. The highest BCUT2D eigenvalue weighted by atomic mass is 19.1. The number of hydrogen-bond donors (Lipinski definition) is 1. The fourth-order valence-corrected chi connectivity index (χ4v) is 2.90. The predicted octanol–water partition coefficient (Wildman–Crippen LogP) is 3.32. The third-order valence-electron chi connectivity index (χ3n) is 4.37. The van der Waals surface area contributed by atoms with Crippen LogP contribution in [0.25, 0.3) is 0 Å². The summed E-state index contributed by atoms with van der Waals surface area (Å²) < 4.78 is 23.6. The summed E-state index contributed by atoms with van der Waals surface area (Å²) in [5.74, 6) is -1.33. The van der Waals surface area contributed by atoms with E-state index in [1.165, 1.54) is 44.6 Å². The van der Waals surface area contributed by atoms with E-state index in [4.69, 9.17) is 9.47 Å². The minimum atomic E-state index is -0.883. The first-order valence-electron chi connectivity index (χ1n) is 8.97. The van der Waals surface area contributed by atoms with Gasteiger partial charge >= 0.3 is 5.97 Å². The monoisotopic (exact) mass is 363 g/mol. The number of benzene rings is 1. The van der Waals surface area contributed by atoms with Crippen molar-refractivity contribution in [1.29, 1.82) is 0 Å². The van der Waals surface area contributed by atoms with E-state index in [0.29, 0.717) is 12.1 Å². The molecule has 1 aliphatic rings. The Hall–Kier alpha value is -2.37. The van der Waals surface area contributed by atoms with E-state index >= 15 is 0 Å². The Morgan fingerprint density at radius 2 is 2.12 bits per heavy atom.